The van der Waals surface area contributed by atoms with Gasteiger partial charge in [0.1, 0.15) is 16.1 Å². The second-order valence-electron chi connectivity index (χ2n) is 5.05. The van der Waals surface area contributed by atoms with Crippen LogP contribution in [0.2, 0.25) is 0 Å². The van der Waals surface area contributed by atoms with E-state index in [-0.39, 0.29) is 4.75 Å². The van der Waals surface area contributed by atoms with Crippen molar-refractivity contribution in [2.24, 2.45) is 11.4 Å². The van der Waals surface area contributed by atoms with E-state index in [0.29, 0.717) is 0 Å². The lowest BCUT2D eigenvalue weighted by Crippen LogP contribution is -2.25. The first-order valence-electron chi connectivity index (χ1n) is 5.62. The summed E-state index contributed by atoms with van der Waals surface area (Å²) in [5, 5.41) is 5.07. The van der Waals surface area contributed by atoms with Gasteiger partial charge in [-0.15, -0.1) is 0 Å². The molecule has 1 atom stereocenters. The fraction of sp³-hybridized carbons (Fsp3) is 0.417. The Hall–Kier alpha value is -1.40. The van der Waals surface area contributed by atoms with Crippen molar-refractivity contribution in [3.8, 4) is 0 Å². The summed E-state index contributed by atoms with van der Waals surface area (Å²) < 4.78 is 17.2. The van der Waals surface area contributed by atoms with Crippen molar-refractivity contribution in [2.45, 2.75) is 25.5 Å². The van der Waals surface area contributed by atoms with Gasteiger partial charge in [0.15, 0.2) is 5.65 Å². The van der Waals surface area contributed by atoms with E-state index in [1.807, 2.05) is 33.9 Å². The third-order valence-electron chi connectivity index (χ3n) is 2.41. The molecule has 2 rings (SSSR count). The van der Waals surface area contributed by atoms with E-state index in [0.717, 1.165) is 16.6 Å². The maximum Gasteiger partial charge on any atom is 0.157 e. The number of rotatable bonds is 2. The van der Waals surface area contributed by atoms with E-state index in [9.17, 15) is 4.55 Å². The predicted octanol–water partition coefficient (Wildman–Crippen LogP) is 1.85. The standard InChI is InChI=1S/C12H16N4OS/c1-12(2,3)18(17)15-7-9-5-10-8-14-16(4)11(10)13-6-9/h5-8H,1-4H3. The lowest BCUT2D eigenvalue weighted by atomic mass is 10.2. The van der Waals surface area contributed by atoms with E-state index in [1.165, 1.54) is 0 Å². The average Bonchev–Trinajstić information content (AvgIpc) is 2.66. The minimum absolute atomic E-state index is 0.345. The van der Waals surface area contributed by atoms with Gasteiger partial charge in [0, 0.05) is 24.2 Å². The Morgan fingerprint density at radius 3 is 2.78 bits per heavy atom. The first kappa shape index (κ1) is 13.0. The monoisotopic (exact) mass is 264 g/mol. The average molecular weight is 264 g/mol. The fourth-order valence-electron chi connectivity index (χ4n) is 1.40. The van der Waals surface area contributed by atoms with Crippen LogP contribution in [0.25, 0.3) is 11.0 Å². The van der Waals surface area contributed by atoms with Crippen molar-refractivity contribution in [3.63, 3.8) is 0 Å². The lowest BCUT2D eigenvalue weighted by Gasteiger charge is -2.17. The van der Waals surface area contributed by atoms with Gasteiger partial charge in [-0.05, 0) is 26.8 Å². The number of aromatic nitrogens is 3. The van der Waals surface area contributed by atoms with Crippen LogP contribution in [0.1, 0.15) is 26.3 Å². The molecule has 0 bridgehead atoms. The van der Waals surface area contributed by atoms with Crippen LogP contribution in [0.15, 0.2) is 22.9 Å². The molecule has 2 aromatic rings. The van der Waals surface area contributed by atoms with Crippen LogP contribution in [0.4, 0.5) is 0 Å². The normalized spacial score (nSPS) is 14.5. The topological polar surface area (TPSA) is 66.1 Å². The van der Waals surface area contributed by atoms with E-state index >= 15 is 0 Å². The van der Waals surface area contributed by atoms with Crippen LogP contribution in [-0.4, -0.2) is 30.3 Å². The molecule has 0 amide bonds. The second kappa shape index (κ2) is 4.70. The predicted molar refractivity (Wildman–Crippen MR) is 74.0 cm³/mol. The summed E-state index contributed by atoms with van der Waals surface area (Å²) >= 11 is -1.25. The number of pyridine rings is 1. The quantitative estimate of drug-likeness (QED) is 0.614. The molecule has 2 aromatic heterocycles. The molecular formula is C12H16N4OS. The van der Waals surface area contributed by atoms with Gasteiger partial charge in [-0.1, -0.05) is 4.40 Å². The third-order valence-corrected chi connectivity index (χ3v) is 3.76. The summed E-state index contributed by atoms with van der Waals surface area (Å²) in [5.41, 5.74) is 1.65. The van der Waals surface area contributed by atoms with Crippen LogP contribution >= 0.6 is 0 Å². The van der Waals surface area contributed by atoms with E-state index in [2.05, 4.69) is 14.5 Å². The molecule has 0 fully saturated rings. The third kappa shape index (κ3) is 2.70. The summed E-state index contributed by atoms with van der Waals surface area (Å²) in [6.07, 6.45) is 5.05. The van der Waals surface area contributed by atoms with Gasteiger partial charge in [0.2, 0.25) is 0 Å². The summed E-state index contributed by atoms with van der Waals surface area (Å²) in [7, 11) is 1.84. The first-order chi connectivity index (χ1) is 8.38. The number of hydrogen-bond donors (Lipinski definition) is 0. The van der Waals surface area contributed by atoms with Crippen molar-refractivity contribution >= 4 is 28.6 Å². The van der Waals surface area contributed by atoms with Crippen LogP contribution < -0.4 is 0 Å². The molecule has 18 heavy (non-hydrogen) atoms. The molecule has 0 radical (unpaired) electrons. The van der Waals surface area contributed by atoms with Crippen LogP contribution in [0.5, 0.6) is 0 Å². The SMILES string of the molecule is Cn1ncc2cc(C=N[S+]([O-])C(C)(C)C)cnc21. The van der Waals surface area contributed by atoms with Gasteiger partial charge in [-0.25, -0.2) is 4.98 Å². The molecular weight excluding hydrogens is 248 g/mol. The second-order valence-corrected chi connectivity index (χ2v) is 6.98. The Kier molecular flexibility index (Phi) is 3.41. The highest BCUT2D eigenvalue weighted by molar-refractivity contribution is 7.91. The highest BCUT2D eigenvalue weighted by atomic mass is 32.2. The number of nitrogens with zero attached hydrogens (tertiary/aromatic N) is 4. The Morgan fingerprint density at radius 1 is 1.39 bits per heavy atom. The number of fused-ring (bicyclic) bond motifs is 1. The smallest absolute Gasteiger partial charge is 0.157 e. The van der Waals surface area contributed by atoms with E-state index in [4.69, 9.17) is 0 Å². The van der Waals surface area contributed by atoms with Crippen LogP contribution in [0.3, 0.4) is 0 Å². The van der Waals surface area contributed by atoms with Gasteiger partial charge in [-0.3, -0.25) is 4.68 Å². The molecule has 6 heteroatoms. The zero-order valence-electron chi connectivity index (χ0n) is 10.9. The number of hydrogen-bond acceptors (Lipinski definition) is 4. The van der Waals surface area contributed by atoms with Crippen LogP contribution in [-0.2, 0) is 18.4 Å². The highest BCUT2D eigenvalue weighted by Crippen LogP contribution is 2.17. The van der Waals surface area contributed by atoms with Gasteiger partial charge in [0.05, 0.1) is 12.4 Å². The van der Waals surface area contributed by atoms with Gasteiger partial charge >= 0.3 is 0 Å². The molecule has 0 aromatic carbocycles. The van der Waals surface area contributed by atoms with E-state index in [1.54, 1.807) is 23.3 Å². The van der Waals surface area contributed by atoms with Crippen LogP contribution in [0, 0.1) is 0 Å². The fourth-order valence-corrected chi connectivity index (χ4v) is 1.93. The van der Waals surface area contributed by atoms with Crippen molar-refractivity contribution in [1.29, 1.82) is 0 Å². The Balaban J connectivity index is 2.25. The molecule has 96 valence electrons. The minimum atomic E-state index is -1.25. The maximum atomic E-state index is 11.8. The molecule has 2 heterocycles. The molecule has 0 saturated carbocycles. The lowest BCUT2D eigenvalue weighted by molar-refractivity contribution is 0.562. The first-order valence-corrected chi connectivity index (χ1v) is 6.72. The summed E-state index contributed by atoms with van der Waals surface area (Å²) in [6, 6.07) is 1.93. The van der Waals surface area contributed by atoms with Gasteiger partial charge < -0.3 is 4.55 Å². The highest BCUT2D eigenvalue weighted by Gasteiger charge is 2.25. The van der Waals surface area contributed by atoms with Crippen molar-refractivity contribution in [2.75, 3.05) is 0 Å². The number of aryl methyl sites for hydroxylation is 1. The molecule has 0 spiro atoms. The van der Waals surface area contributed by atoms with Crippen molar-refractivity contribution in [3.05, 3.63) is 24.0 Å². The maximum absolute atomic E-state index is 11.8. The largest absolute Gasteiger partial charge is 0.591 e. The zero-order valence-corrected chi connectivity index (χ0v) is 11.7. The Labute approximate surface area is 109 Å². The molecule has 0 saturated heterocycles. The summed E-state index contributed by atoms with van der Waals surface area (Å²) in [5.74, 6) is 0. The summed E-state index contributed by atoms with van der Waals surface area (Å²) in [6.45, 7) is 5.68. The molecule has 0 aliphatic carbocycles. The van der Waals surface area contributed by atoms with Gasteiger partial charge in [-0.2, -0.15) is 5.10 Å². The van der Waals surface area contributed by atoms with E-state index < -0.39 is 11.4 Å². The molecule has 0 N–H and O–H groups in total. The van der Waals surface area contributed by atoms with Crippen molar-refractivity contribution in [1.82, 2.24) is 14.8 Å². The minimum Gasteiger partial charge on any atom is -0.591 e. The molecule has 0 aliphatic rings. The Bertz CT molecular complexity index is 585. The molecule has 5 nitrogen and oxygen atoms in total. The molecule has 0 aliphatic heterocycles. The van der Waals surface area contributed by atoms with Gasteiger partial charge in [0.25, 0.3) is 0 Å². The molecule has 1 unspecified atom stereocenters. The summed E-state index contributed by atoms with van der Waals surface area (Å²) in [4.78, 5) is 4.29. The Morgan fingerprint density at radius 2 is 2.11 bits per heavy atom. The van der Waals surface area contributed by atoms with Crippen molar-refractivity contribution < 1.29 is 4.55 Å². The zero-order chi connectivity index (χ0) is 13.3.